The fourth-order valence-electron chi connectivity index (χ4n) is 2.97. The van der Waals surface area contributed by atoms with Crippen molar-refractivity contribution in [1.82, 2.24) is 5.32 Å². The third-order valence-electron chi connectivity index (χ3n) is 4.85. The van der Waals surface area contributed by atoms with Gasteiger partial charge >= 0.3 is 6.16 Å². The Hall–Kier alpha value is -3.56. The van der Waals surface area contributed by atoms with Crippen molar-refractivity contribution in [2.24, 2.45) is 11.5 Å². The Bertz CT molecular complexity index is 924. The number of ether oxygens (including phenoxy) is 4. The molecule has 0 saturated heterocycles. The number of amides is 1. The molecule has 0 bridgehead atoms. The Morgan fingerprint density at radius 2 is 1.59 bits per heavy atom. The zero-order chi connectivity index (χ0) is 24.8. The third kappa shape index (κ3) is 9.51. The maximum Gasteiger partial charge on any atom is 0.513 e. The van der Waals surface area contributed by atoms with Crippen LogP contribution in [-0.4, -0.2) is 52.0 Å². The Labute approximate surface area is 200 Å². The molecule has 0 radical (unpaired) electrons. The quantitative estimate of drug-likeness (QED) is 0.176. The Kier molecular flexibility index (Phi) is 11.4. The fraction of sp³-hybridized carbons (Fsp3) is 0.360. The summed E-state index contributed by atoms with van der Waals surface area (Å²) in [4.78, 5) is 23.7. The van der Waals surface area contributed by atoms with E-state index >= 15 is 0 Å². The number of carbonyl (C=O) groups excluding carboxylic acids is 2. The van der Waals surface area contributed by atoms with Crippen LogP contribution in [0.2, 0.25) is 0 Å². The molecule has 0 aromatic heterocycles. The zero-order valence-electron chi connectivity index (χ0n) is 19.6. The number of unbranched alkanes of at least 4 members (excludes halogenated alkanes) is 1. The molecule has 2 aromatic rings. The van der Waals surface area contributed by atoms with E-state index in [9.17, 15) is 9.59 Å². The van der Waals surface area contributed by atoms with Crippen molar-refractivity contribution >= 4 is 24.2 Å². The lowest BCUT2D eigenvalue weighted by Gasteiger charge is -2.12. The van der Waals surface area contributed by atoms with Crippen LogP contribution in [-0.2, 0) is 9.53 Å². The molecule has 0 saturated carbocycles. The molecule has 184 valence electrons. The van der Waals surface area contributed by atoms with Crippen molar-refractivity contribution in [2.45, 2.75) is 25.3 Å². The van der Waals surface area contributed by atoms with Gasteiger partial charge in [-0.1, -0.05) is 30.7 Å². The highest BCUT2D eigenvalue weighted by atomic mass is 16.7. The topological polar surface area (TPSA) is 135 Å². The number of nitrogens with one attached hydrogen (secondary N) is 1. The van der Waals surface area contributed by atoms with Crippen LogP contribution in [0.1, 0.15) is 30.4 Å². The Morgan fingerprint density at radius 1 is 0.941 bits per heavy atom. The molecule has 0 heterocycles. The first-order valence-corrected chi connectivity index (χ1v) is 11.0. The van der Waals surface area contributed by atoms with E-state index in [4.69, 9.17) is 30.4 Å². The minimum atomic E-state index is -0.853. The lowest BCUT2D eigenvalue weighted by Crippen LogP contribution is -2.42. The maximum atomic E-state index is 11.9. The van der Waals surface area contributed by atoms with Crippen LogP contribution in [0.5, 0.6) is 17.2 Å². The highest BCUT2D eigenvalue weighted by molar-refractivity contribution is 5.81. The van der Waals surface area contributed by atoms with Gasteiger partial charge < -0.3 is 35.7 Å². The van der Waals surface area contributed by atoms with Crippen LogP contribution in [0.25, 0.3) is 12.2 Å². The van der Waals surface area contributed by atoms with Gasteiger partial charge in [0.2, 0.25) is 5.91 Å². The largest absolute Gasteiger partial charge is 0.513 e. The predicted octanol–water partition coefficient (Wildman–Crippen LogP) is 2.96. The summed E-state index contributed by atoms with van der Waals surface area (Å²) in [5.74, 6) is 1.46. The molecule has 0 spiro atoms. The third-order valence-corrected chi connectivity index (χ3v) is 4.85. The second-order valence-corrected chi connectivity index (χ2v) is 7.43. The van der Waals surface area contributed by atoms with E-state index in [1.807, 2.05) is 36.4 Å². The number of methoxy groups -OCH3 is 2. The summed E-state index contributed by atoms with van der Waals surface area (Å²) in [6.45, 7) is 0.699. The molecule has 1 amide bonds. The standard InChI is InChI=1S/C25H33N3O6/c1-31-21-15-19(16-22(17-21)32-2)7-6-18-8-10-20(11-9-18)34-25(30)33-14-13-28-24(29)23(27)5-3-4-12-26/h6-11,15-17,23H,3-5,12-14,26-27H2,1-2H3,(H,28,29). The number of carbonyl (C=O) groups is 2. The van der Waals surface area contributed by atoms with Gasteiger partial charge in [-0.2, -0.15) is 0 Å². The van der Waals surface area contributed by atoms with Crippen molar-refractivity contribution in [1.29, 1.82) is 0 Å². The second-order valence-electron chi connectivity index (χ2n) is 7.43. The molecule has 0 aliphatic rings. The summed E-state index contributed by atoms with van der Waals surface area (Å²) < 4.78 is 20.7. The number of hydrogen-bond donors (Lipinski definition) is 3. The predicted molar refractivity (Wildman–Crippen MR) is 131 cm³/mol. The van der Waals surface area contributed by atoms with Crippen molar-refractivity contribution in [2.75, 3.05) is 33.9 Å². The van der Waals surface area contributed by atoms with E-state index in [1.54, 1.807) is 32.4 Å². The molecular formula is C25H33N3O6. The molecule has 5 N–H and O–H groups in total. The Balaban J connectivity index is 1.75. The summed E-state index contributed by atoms with van der Waals surface area (Å²) in [7, 11) is 3.20. The molecule has 9 heteroatoms. The van der Waals surface area contributed by atoms with E-state index in [0.717, 1.165) is 24.0 Å². The van der Waals surface area contributed by atoms with E-state index in [-0.39, 0.29) is 19.1 Å². The van der Waals surface area contributed by atoms with Crippen LogP contribution in [0.15, 0.2) is 42.5 Å². The summed E-state index contributed by atoms with van der Waals surface area (Å²) in [5, 5.41) is 2.63. The van der Waals surface area contributed by atoms with Gasteiger partial charge in [0.05, 0.1) is 26.8 Å². The molecule has 9 nitrogen and oxygen atoms in total. The van der Waals surface area contributed by atoms with E-state index < -0.39 is 12.2 Å². The summed E-state index contributed by atoms with van der Waals surface area (Å²) in [6.07, 6.45) is 5.16. The smallest absolute Gasteiger partial charge is 0.497 e. The normalized spacial score (nSPS) is 11.6. The van der Waals surface area contributed by atoms with Crippen LogP contribution in [0, 0.1) is 0 Å². The molecule has 1 atom stereocenters. The first-order valence-electron chi connectivity index (χ1n) is 11.0. The lowest BCUT2D eigenvalue weighted by atomic mass is 10.1. The molecular weight excluding hydrogens is 438 g/mol. The number of hydrogen-bond acceptors (Lipinski definition) is 8. The number of nitrogens with two attached hydrogens (primary N) is 2. The van der Waals surface area contributed by atoms with Gasteiger partial charge in [-0.25, -0.2) is 4.79 Å². The van der Waals surface area contributed by atoms with E-state index in [1.165, 1.54) is 0 Å². The molecule has 0 fully saturated rings. The molecule has 2 aromatic carbocycles. The van der Waals surface area contributed by atoms with Crippen molar-refractivity contribution in [3.05, 3.63) is 53.6 Å². The molecule has 1 unspecified atom stereocenters. The molecule has 34 heavy (non-hydrogen) atoms. The minimum Gasteiger partial charge on any atom is -0.497 e. The first-order chi connectivity index (χ1) is 16.4. The van der Waals surface area contributed by atoms with E-state index in [2.05, 4.69) is 5.32 Å². The van der Waals surface area contributed by atoms with E-state index in [0.29, 0.717) is 30.2 Å². The van der Waals surface area contributed by atoms with Gasteiger partial charge in [-0.05, 0) is 54.8 Å². The maximum absolute atomic E-state index is 11.9. The minimum absolute atomic E-state index is 0.0229. The van der Waals surface area contributed by atoms with Gasteiger partial charge in [0.1, 0.15) is 23.9 Å². The SMILES string of the molecule is COc1cc(C=Cc2ccc(OC(=O)OCCNC(=O)C(N)CCCCN)cc2)cc(OC)c1. The Morgan fingerprint density at radius 3 is 2.21 bits per heavy atom. The summed E-state index contributed by atoms with van der Waals surface area (Å²) in [6, 6.07) is 11.9. The number of rotatable bonds is 13. The van der Waals surface area contributed by atoms with Gasteiger partial charge in [0, 0.05) is 6.07 Å². The van der Waals surface area contributed by atoms with Gasteiger partial charge in [-0.3, -0.25) is 4.79 Å². The van der Waals surface area contributed by atoms with Gasteiger partial charge in [0.25, 0.3) is 0 Å². The number of benzene rings is 2. The van der Waals surface area contributed by atoms with Crippen LogP contribution in [0.3, 0.4) is 0 Å². The van der Waals surface area contributed by atoms with Gasteiger partial charge in [-0.15, -0.1) is 0 Å². The van der Waals surface area contributed by atoms with Crippen molar-refractivity contribution < 1.29 is 28.5 Å². The molecule has 0 aliphatic heterocycles. The van der Waals surface area contributed by atoms with Crippen LogP contribution in [0.4, 0.5) is 4.79 Å². The first kappa shape index (κ1) is 26.7. The highest BCUT2D eigenvalue weighted by Gasteiger charge is 2.13. The second kappa shape index (κ2) is 14.6. The highest BCUT2D eigenvalue weighted by Crippen LogP contribution is 2.24. The van der Waals surface area contributed by atoms with Gasteiger partial charge in [0.15, 0.2) is 0 Å². The van der Waals surface area contributed by atoms with Crippen LogP contribution < -0.4 is 31.0 Å². The lowest BCUT2D eigenvalue weighted by molar-refractivity contribution is -0.122. The van der Waals surface area contributed by atoms with Crippen molar-refractivity contribution in [3.63, 3.8) is 0 Å². The fourth-order valence-corrected chi connectivity index (χ4v) is 2.97. The summed E-state index contributed by atoms with van der Waals surface area (Å²) in [5.41, 5.74) is 13.0. The van der Waals surface area contributed by atoms with Crippen LogP contribution >= 0.6 is 0 Å². The zero-order valence-corrected chi connectivity index (χ0v) is 19.6. The average Bonchev–Trinajstić information content (AvgIpc) is 2.85. The monoisotopic (exact) mass is 471 g/mol. The van der Waals surface area contributed by atoms with Crippen molar-refractivity contribution in [3.8, 4) is 17.2 Å². The molecule has 2 rings (SSSR count). The average molecular weight is 472 g/mol. The summed E-state index contributed by atoms with van der Waals surface area (Å²) >= 11 is 0. The molecule has 0 aliphatic carbocycles.